The maximum Gasteiger partial charge on any atom is 0.268 e. The highest BCUT2D eigenvalue weighted by molar-refractivity contribution is 7.91. The van der Waals surface area contributed by atoms with Gasteiger partial charge >= 0.3 is 0 Å². The van der Waals surface area contributed by atoms with Crippen LogP contribution in [0, 0.1) is 18.3 Å². The minimum Gasteiger partial charge on any atom is -0.314 e. The van der Waals surface area contributed by atoms with Crippen LogP contribution in [0.25, 0.3) is 11.1 Å². The molecule has 0 saturated carbocycles. The van der Waals surface area contributed by atoms with E-state index >= 15 is 0 Å². The first-order chi connectivity index (χ1) is 10.3. The Bertz CT molecular complexity index is 923. The Morgan fingerprint density at radius 1 is 1.27 bits per heavy atom. The molecule has 22 heavy (non-hydrogen) atoms. The number of rotatable bonds is 3. The molecule has 0 saturated heterocycles. The summed E-state index contributed by atoms with van der Waals surface area (Å²) in [5.41, 5.74) is 1.54. The van der Waals surface area contributed by atoms with E-state index in [1.165, 1.54) is 34.9 Å². The Morgan fingerprint density at radius 2 is 1.86 bits per heavy atom. The number of nitriles is 1. The van der Waals surface area contributed by atoms with E-state index in [-0.39, 0.29) is 16.0 Å². The molecule has 0 unspecified atom stereocenters. The van der Waals surface area contributed by atoms with Crippen molar-refractivity contribution in [1.82, 2.24) is 4.57 Å². The number of pyridine rings is 1. The van der Waals surface area contributed by atoms with Gasteiger partial charge in [-0.25, -0.2) is 12.8 Å². The van der Waals surface area contributed by atoms with E-state index < -0.39 is 15.8 Å². The molecule has 1 aromatic heterocycles. The number of hydrogen-bond donors (Lipinski definition) is 0. The van der Waals surface area contributed by atoms with Gasteiger partial charge in [0, 0.05) is 18.3 Å². The highest BCUT2D eigenvalue weighted by Gasteiger charge is 2.15. The number of alkyl halides is 1. The normalized spacial score (nSPS) is 11.2. The molecule has 1 aromatic carbocycles. The first-order valence-electron chi connectivity index (χ1n) is 6.31. The number of benzene rings is 1. The van der Waals surface area contributed by atoms with Crippen LogP contribution in [0.3, 0.4) is 0 Å². The van der Waals surface area contributed by atoms with Gasteiger partial charge < -0.3 is 4.57 Å². The standard InChI is InChI=1S/C15H13FN2O3S/c1-10-14(7-12(8-17)15(19)18(10)2)11-3-5-13(6-4-11)22(20,21)9-16/h3-7H,9H2,1-2H3. The summed E-state index contributed by atoms with van der Waals surface area (Å²) in [6.45, 7) is 1.73. The van der Waals surface area contributed by atoms with Gasteiger partial charge in [-0.15, -0.1) is 0 Å². The van der Waals surface area contributed by atoms with Crippen LogP contribution in [0.4, 0.5) is 4.39 Å². The number of halogens is 1. The molecule has 0 N–H and O–H groups in total. The topological polar surface area (TPSA) is 79.9 Å². The number of hydrogen-bond acceptors (Lipinski definition) is 4. The van der Waals surface area contributed by atoms with Crippen molar-refractivity contribution in [3.8, 4) is 17.2 Å². The van der Waals surface area contributed by atoms with Crippen molar-refractivity contribution in [1.29, 1.82) is 5.26 Å². The Kier molecular flexibility index (Phi) is 4.15. The fourth-order valence-corrected chi connectivity index (χ4v) is 2.78. The lowest BCUT2D eigenvalue weighted by Crippen LogP contribution is -2.22. The Morgan fingerprint density at radius 3 is 2.36 bits per heavy atom. The van der Waals surface area contributed by atoms with Crippen LogP contribution in [0.15, 0.2) is 40.0 Å². The molecule has 2 aromatic rings. The minimum atomic E-state index is -3.91. The molecule has 2 rings (SSSR count). The second kappa shape index (κ2) is 5.73. The maximum atomic E-state index is 12.5. The van der Waals surface area contributed by atoms with E-state index in [1.54, 1.807) is 14.0 Å². The van der Waals surface area contributed by atoms with Crippen molar-refractivity contribution in [2.45, 2.75) is 11.8 Å². The van der Waals surface area contributed by atoms with E-state index in [4.69, 9.17) is 5.26 Å². The molecule has 0 aliphatic carbocycles. The van der Waals surface area contributed by atoms with Crippen LogP contribution in [0.5, 0.6) is 0 Å². The molecule has 0 fully saturated rings. The van der Waals surface area contributed by atoms with Crippen molar-refractivity contribution in [3.63, 3.8) is 0 Å². The molecular formula is C15H13FN2O3S. The highest BCUT2D eigenvalue weighted by atomic mass is 32.2. The van der Waals surface area contributed by atoms with E-state index in [0.29, 0.717) is 16.8 Å². The fourth-order valence-electron chi connectivity index (χ4n) is 2.10. The lowest BCUT2D eigenvalue weighted by Gasteiger charge is -2.11. The van der Waals surface area contributed by atoms with E-state index in [0.717, 1.165) is 0 Å². The van der Waals surface area contributed by atoms with Crippen molar-refractivity contribution < 1.29 is 12.8 Å². The molecule has 0 radical (unpaired) electrons. The first kappa shape index (κ1) is 15.9. The molecule has 7 heteroatoms. The maximum absolute atomic E-state index is 12.5. The summed E-state index contributed by atoms with van der Waals surface area (Å²) in [6.07, 6.45) is 0. The fraction of sp³-hybridized carbons (Fsp3) is 0.200. The first-order valence-corrected chi connectivity index (χ1v) is 7.97. The van der Waals surface area contributed by atoms with Crippen LogP contribution in [0.1, 0.15) is 11.3 Å². The molecular weight excluding hydrogens is 307 g/mol. The lowest BCUT2D eigenvalue weighted by molar-refractivity contribution is 0.534. The van der Waals surface area contributed by atoms with Crippen molar-refractivity contribution in [2.24, 2.45) is 7.05 Å². The average Bonchev–Trinajstić information content (AvgIpc) is 2.53. The summed E-state index contributed by atoms with van der Waals surface area (Å²) in [4.78, 5) is 11.7. The van der Waals surface area contributed by atoms with Crippen LogP contribution < -0.4 is 5.56 Å². The summed E-state index contributed by atoms with van der Waals surface area (Å²) < 4.78 is 36.7. The molecule has 0 bridgehead atoms. The SMILES string of the molecule is Cc1c(-c2ccc(S(=O)(=O)CF)cc2)cc(C#N)c(=O)n1C. The van der Waals surface area contributed by atoms with E-state index in [2.05, 4.69) is 0 Å². The molecule has 0 amide bonds. The Balaban J connectivity index is 2.62. The van der Waals surface area contributed by atoms with Gasteiger partial charge in [0.05, 0.1) is 4.90 Å². The Hall–Kier alpha value is -2.46. The zero-order valence-electron chi connectivity index (χ0n) is 12.0. The third-order valence-electron chi connectivity index (χ3n) is 3.51. The zero-order chi connectivity index (χ0) is 16.5. The van der Waals surface area contributed by atoms with Gasteiger partial charge in [-0.2, -0.15) is 5.26 Å². The second-order valence-corrected chi connectivity index (χ2v) is 6.70. The zero-order valence-corrected chi connectivity index (χ0v) is 12.8. The summed E-state index contributed by atoms with van der Waals surface area (Å²) in [5, 5.41) is 9.00. The summed E-state index contributed by atoms with van der Waals surface area (Å²) in [6, 6.07) is 7.51. The molecule has 114 valence electrons. The summed E-state index contributed by atoms with van der Waals surface area (Å²) in [7, 11) is -2.35. The Labute approximate surface area is 127 Å². The largest absolute Gasteiger partial charge is 0.314 e. The van der Waals surface area contributed by atoms with Crippen molar-refractivity contribution >= 4 is 9.84 Å². The van der Waals surface area contributed by atoms with Crippen molar-refractivity contribution in [2.75, 3.05) is 6.01 Å². The summed E-state index contributed by atoms with van der Waals surface area (Å²) in [5.74, 6) is 0. The van der Waals surface area contributed by atoms with Crippen LogP contribution in [-0.2, 0) is 16.9 Å². The van der Waals surface area contributed by atoms with Gasteiger partial charge in [0.1, 0.15) is 11.6 Å². The van der Waals surface area contributed by atoms with Gasteiger partial charge in [0.15, 0.2) is 6.01 Å². The highest BCUT2D eigenvalue weighted by Crippen LogP contribution is 2.24. The molecule has 0 spiro atoms. The van der Waals surface area contributed by atoms with Crippen LogP contribution in [0.2, 0.25) is 0 Å². The molecule has 5 nitrogen and oxygen atoms in total. The van der Waals surface area contributed by atoms with Gasteiger partial charge in [-0.05, 0) is 30.7 Å². The predicted molar refractivity (Wildman–Crippen MR) is 79.7 cm³/mol. The monoisotopic (exact) mass is 320 g/mol. The number of sulfone groups is 1. The van der Waals surface area contributed by atoms with Gasteiger partial charge in [-0.1, -0.05) is 12.1 Å². The average molecular weight is 320 g/mol. The number of nitrogens with zero attached hydrogens (tertiary/aromatic N) is 2. The predicted octanol–water partition coefficient (Wildman–Crippen LogP) is 1.93. The molecule has 0 aliphatic rings. The third kappa shape index (κ3) is 2.65. The molecule has 0 atom stereocenters. The summed E-state index contributed by atoms with van der Waals surface area (Å²) >= 11 is 0. The minimum absolute atomic E-state index is 0.00329. The molecule has 0 aliphatic heterocycles. The van der Waals surface area contributed by atoms with Gasteiger partial charge in [-0.3, -0.25) is 4.79 Å². The molecule has 1 heterocycles. The van der Waals surface area contributed by atoms with E-state index in [1.807, 2.05) is 6.07 Å². The third-order valence-corrected chi connectivity index (χ3v) is 4.78. The lowest BCUT2D eigenvalue weighted by atomic mass is 10.0. The number of aromatic nitrogens is 1. The van der Waals surface area contributed by atoms with Gasteiger partial charge in [0.2, 0.25) is 9.84 Å². The van der Waals surface area contributed by atoms with Crippen molar-refractivity contribution in [3.05, 3.63) is 51.9 Å². The van der Waals surface area contributed by atoms with Crippen LogP contribution in [-0.4, -0.2) is 19.0 Å². The smallest absolute Gasteiger partial charge is 0.268 e. The second-order valence-electron chi connectivity index (χ2n) is 4.78. The van der Waals surface area contributed by atoms with Gasteiger partial charge in [0.25, 0.3) is 5.56 Å². The quantitative estimate of drug-likeness (QED) is 0.865. The van der Waals surface area contributed by atoms with Crippen LogP contribution >= 0.6 is 0 Å². The van der Waals surface area contributed by atoms with E-state index in [9.17, 15) is 17.6 Å².